The Labute approximate surface area is 188 Å². The molecule has 2 aliphatic heterocycles. The lowest BCUT2D eigenvalue weighted by Crippen LogP contribution is -2.52. The van der Waals surface area contributed by atoms with Gasteiger partial charge in [-0.2, -0.15) is 4.31 Å². The van der Waals surface area contributed by atoms with E-state index in [9.17, 15) is 13.2 Å². The average molecular weight is 464 g/mol. The van der Waals surface area contributed by atoms with Crippen LogP contribution in [0.3, 0.4) is 0 Å². The summed E-state index contributed by atoms with van der Waals surface area (Å²) in [5.74, 6) is 0.872. The van der Waals surface area contributed by atoms with Gasteiger partial charge < -0.3 is 9.47 Å². The molecule has 166 valence electrons. The molecule has 2 aliphatic rings. The molecule has 0 bridgehead atoms. The van der Waals surface area contributed by atoms with E-state index < -0.39 is 15.6 Å². The van der Waals surface area contributed by atoms with Gasteiger partial charge in [-0.05, 0) is 55.7 Å². The van der Waals surface area contributed by atoms with Gasteiger partial charge in [-0.15, -0.1) is 0 Å². The maximum Gasteiger partial charge on any atom is 0.246 e. The Morgan fingerprint density at radius 1 is 1.13 bits per heavy atom. The molecule has 0 atom stereocenters. The molecular weight excluding hydrogens is 438 g/mol. The monoisotopic (exact) mass is 463 g/mol. The minimum atomic E-state index is -3.73. The molecule has 0 N–H and O–H groups in total. The highest BCUT2D eigenvalue weighted by molar-refractivity contribution is 7.89. The van der Waals surface area contributed by atoms with Crippen molar-refractivity contribution in [2.24, 2.45) is 0 Å². The van der Waals surface area contributed by atoms with E-state index in [1.165, 1.54) is 11.4 Å². The van der Waals surface area contributed by atoms with E-state index in [1.54, 1.807) is 12.1 Å². The van der Waals surface area contributed by atoms with Crippen molar-refractivity contribution in [3.8, 4) is 11.5 Å². The summed E-state index contributed by atoms with van der Waals surface area (Å²) in [6, 6.07) is 6.93. The first-order chi connectivity index (χ1) is 14.6. The highest BCUT2D eigenvalue weighted by Gasteiger charge is 2.46. The van der Waals surface area contributed by atoms with Crippen molar-refractivity contribution in [2.75, 3.05) is 20.2 Å². The molecule has 4 rings (SSSR count). The van der Waals surface area contributed by atoms with Crippen LogP contribution in [0.5, 0.6) is 11.5 Å². The molecule has 2 heterocycles. The van der Waals surface area contributed by atoms with E-state index in [4.69, 9.17) is 21.1 Å². The summed E-state index contributed by atoms with van der Waals surface area (Å²) in [6.45, 7) is 6.10. The minimum Gasteiger partial charge on any atom is -0.495 e. The maximum absolute atomic E-state index is 13.3. The number of carbonyl (C=O) groups is 1. The molecule has 1 spiro atoms. The Bertz CT molecular complexity index is 1170. The largest absolute Gasteiger partial charge is 0.495 e. The zero-order valence-electron chi connectivity index (χ0n) is 18.1. The number of halogens is 1. The van der Waals surface area contributed by atoms with E-state index in [-0.39, 0.29) is 30.2 Å². The molecular formula is C23H26ClNO5S. The molecule has 2 aromatic carbocycles. The predicted octanol–water partition coefficient (Wildman–Crippen LogP) is 4.46. The summed E-state index contributed by atoms with van der Waals surface area (Å²) >= 11 is 6.33. The van der Waals surface area contributed by atoms with Crippen LogP contribution in [0.2, 0.25) is 5.02 Å². The summed E-state index contributed by atoms with van der Waals surface area (Å²) in [7, 11) is -2.26. The Morgan fingerprint density at radius 2 is 1.81 bits per heavy atom. The molecule has 6 nitrogen and oxygen atoms in total. The lowest BCUT2D eigenvalue weighted by atomic mass is 9.82. The molecule has 0 saturated carbocycles. The van der Waals surface area contributed by atoms with Crippen molar-refractivity contribution in [2.45, 2.75) is 50.5 Å². The van der Waals surface area contributed by atoms with Crippen molar-refractivity contribution >= 4 is 27.4 Å². The van der Waals surface area contributed by atoms with Gasteiger partial charge in [0.2, 0.25) is 10.0 Å². The first-order valence-electron chi connectivity index (χ1n) is 10.2. The van der Waals surface area contributed by atoms with Crippen LogP contribution in [-0.2, 0) is 10.0 Å². The third kappa shape index (κ3) is 3.73. The van der Waals surface area contributed by atoms with Crippen LogP contribution >= 0.6 is 11.6 Å². The third-order valence-electron chi connectivity index (χ3n) is 6.30. The van der Waals surface area contributed by atoms with Crippen LogP contribution in [0.25, 0.3) is 0 Å². The van der Waals surface area contributed by atoms with Crippen LogP contribution in [0.1, 0.15) is 46.3 Å². The maximum atomic E-state index is 13.3. The van der Waals surface area contributed by atoms with Crippen LogP contribution in [0.15, 0.2) is 29.2 Å². The summed E-state index contributed by atoms with van der Waals surface area (Å²) in [6.07, 6.45) is 1.10. The number of rotatable bonds is 3. The summed E-state index contributed by atoms with van der Waals surface area (Å²) in [4.78, 5) is 13.1. The normalized spacial score (nSPS) is 18.5. The first-order valence-corrected chi connectivity index (χ1v) is 12.1. The SMILES string of the molecule is COc1ccc(C)cc1S(=O)(=O)N1CCC2(CC1)CC(=O)c1c(cc(C)c(Cl)c1C)O2. The number of methoxy groups -OCH3 is 1. The fourth-order valence-electron chi connectivity index (χ4n) is 4.54. The summed E-state index contributed by atoms with van der Waals surface area (Å²) in [5.41, 5.74) is 2.28. The topological polar surface area (TPSA) is 72.9 Å². The van der Waals surface area contributed by atoms with Crippen LogP contribution in [0.4, 0.5) is 0 Å². The second-order valence-electron chi connectivity index (χ2n) is 8.45. The number of Topliss-reactive ketones (excluding diaryl/α,β-unsaturated/α-hetero) is 1. The summed E-state index contributed by atoms with van der Waals surface area (Å²) in [5, 5.41) is 0.583. The van der Waals surface area contributed by atoms with Gasteiger partial charge in [-0.25, -0.2) is 8.42 Å². The fourth-order valence-corrected chi connectivity index (χ4v) is 6.37. The van der Waals surface area contributed by atoms with Crippen LogP contribution < -0.4 is 9.47 Å². The number of sulfonamides is 1. The smallest absolute Gasteiger partial charge is 0.246 e. The van der Waals surface area contributed by atoms with E-state index in [0.29, 0.717) is 34.9 Å². The second kappa shape index (κ2) is 7.80. The van der Waals surface area contributed by atoms with E-state index >= 15 is 0 Å². The van der Waals surface area contributed by atoms with E-state index in [2.05, 4.69) is 0 Å². The van der Waals surface area contributed by atoms with Crippen molar-refractivity contribution in [1.82, 2.24) is 4.31 Å². The van der Waals surface area contributed by atoms with Crippen molar-refractivity contribution in [3.63, 3.8) is 0 Å². The Kier molecular flexibility index (Phi) is 5.56. The van der Waals surface area contributed by atoms with Crippen molar-refractivity contribution in [1.29, 1.82) is 0 Å². The van der Waals surface area contributed by atoms with Gasteiger partial charge in [0.25, 0.3) is 0 Å². The molecule has 0 amide bonds. The van der Waals surface area contributed by atoms with Gasteiger partial charge in [0.05, 0.1) is 19.1 Å². The van der Waals surface area contributed by atoms with Gasteiger partial charge in [-0.3, -0.25) is 4.79 Å². The average Bonchev–Trinajstić information content (AvgIpc) is 2.72. The Morgan fingerprint density at radius 3 is 2.45 bits per heavy atom. The van der Waals surface area contributed by atoms with Gasteiger partial charge in [0, 0.05) is 31.0 Å². The molecule has 1 fully saturated rings. The number of aryl methyl sites for hydroxylation is 2. The number of benzene rings is 2. The van der Waals surface area contributed by atoms with E-state index in [1.807, 2.05) is 32.9 Å². The van der Waals surface area contributed by atoms with Gasteiger partial charge in [0.1, 0.15) is 22.0 Å². The van der Waals surface area contributed by atoms with E-state index in [0.717, 1.165) is 16.7 Å². The minimum absolute atomic E-state index is 0.00249. The van der Waals surface area contributed by atoms with Gasteiger partial charge >= 0.3 is 0 Å². The number of ether oxygens (including phenoxy) is 2. The van der Waals surface area contributed by atoms with Gasteiger partial charge in [-0.1, -0.05) is 17.7 Å². The molecule has 2 aromatic rings. The number of piperidine rings is 1. The summed E-state index contributed by atoms with van der Waals surface area (Å²) < 4.78 is 39.7. The molecule has 0 unspecified atom stereocenters. The number of ketones is 1. The van der Waals surface area contributed by atoms with Crippen molar-refractivity contribution < 1.29 is 22.7 Å². The molecule has 8 heteroatoms. The predicted molar refractivity (Wildman–Crippen MR) is 119 cm³/mol. The number of hydrogen-bond acceptors (Lipinski definition) is 5. The van der Waals surface area contributed by atoms with Crippen molar-refractivity contribution in [3.05, 3.63) is 51.5 Å². The van der Waals surface area contributed by atoms with Crippen LogP contribution in [0, 0.1) is 20.8 Å². The standard InChI is InChI=1S/C23H26ClNO5S/c1-14-5-6-18(29-4)20(11-14)31(27,28)25-9-7-23(8-10-25)13-17(26)21-16(3)22(24)15(2)12-19(21)30-23/h5-6,11-12H,7-10,13H2,1-4H3. The lowest BCUT2D eigenvalue weighted by Gasteiger charge is -2.44. The third-order valence-corrected chi connectivity index (χ3v) is 8.80. The number of carbonyl (C=O) groups excluding carboxylic acids is 1. The first kappa shape index (κ1) is 22.1. The fraction of sp³-hybridized carbons (Fsp3) is 0.435. The highest BCUT2D eigenvalue weighted by atomic mass is 35.5. The lowest BCUT2D eigenvalue weighted by molar-refractivity contribution is 0.00576. The number of nitrogens with zero attached hydrogens (tertiary/aromatic N) is 1. The van der Waals surface area contributed by atoms with Gasteiger partial charge in [0.15, 0.2) is 5.78 Å². The quantitative estimate of drug-likeness (QED) is 0.671. The number of fused-ring (bicyclic) bond motifs is 1. The second-order valence-corrected chi connectivity index (χ2v) is 10.7. The van der Waals surface area contributed by atoms with Crippen LogP contribution in [-0.4, -0.2) is 44.3 Å². The number of hydrogen-bond donors (Lipinski definition) is 0. The highest BCUT2D eigenvalue weighted by Crippen LogP contribution is 2.44. The molecule has 0 radical (unpaired) electrons. The Hall–Kier alpha value is -2.09. The zero-order chi connectivity index (χ0) is 22.6. The Balaban J connectivity index is 1.59. The molecule has 31 heavy (non-hydrogen) atoms. The molecule has 1 saturated heterocycles. The zero-order valence-corrected chi connectivity index (χ0v) is 19.7. The molecule has 0 aliphatic carbocycles. The molecule has 0 aromatic heterocycles.